The summed E-state index contributed by atoms with van der Waals surface area (Å²) in [5.41, 5.74) is 3.58. The van der Waals surface area contributed by atoms with Gasteiger partial charge >= 0.3 is 0 Å². The molecule has 5 nitrogen and oxygen atoms in total. The van der Waals surface area contributed by atoms with Gasteiger partial charge in [0.2, 0.25) is 5.91 Å². The van der Waals surface area contributed by atoms with Crippen molar-refractivity contribution in [1.82, 2.24) is 14.4 Å². The molecule has 0 radical (unpaired) electrons. The van der Waals surface area contributed by atoms with Crippen molar-refractivity contribution in [3.63, 3.8) is 0 Å². The lowest BCUT2D eigenvalue weighted by molar-refractivity contribution is -0.141. The van der Waals surface area contributed by atoms with Gasteiger partial charge in [0.25, 0.3) is 5.91 Å². The minimum atomic E-state index is -0.672. The van der Waals surface area contributed by atoms with E-state index in [4.69, 9.17) is 0 Å². The van der Waals surface area contributed by atoms with Gasteiger partial charge in [0.1, 0.15) is 0 Å². The monoisotopic (exact) mass is 407 g/mol. The van der Waals surface area contributed by atoms with E-state index in [0.717, 1.165) is 17.9 Å². The third-order valence-corrected chi connectivity index (χ3v) is 7.79. The van der Waals surface area contributed by atoms with E-state index in [1.165, 1.54) is 21.8 Å². The van der Waals surface area contributed by atoms with Gasteiger partial charge in [0, 0.05) is 60.7 Å². The van der Waals surface area contributed by atoms with Crippen molar-refractivity contribution in [3.8, 4) is 0 Å². The summed E-state index contributed by atoms with van der Waals surface area (Å²) >= 11 is 1.63. The number of hydrogen-bond donors (Lipinski definition) is 0. The van der Waals surface area contributed by atoms with Crippen LogP contribution in [0.2, 0.25) is 0 Å². The number of nitrogens with zero attached hydrogens (tertiary/aromatic N) is 3. The highest BCUT2D eigenvalue weighted by molar-refractivity contribution is 8.01. The third-order valence-electron chi connectivity index (χ3n) is 6.32. The van der Waals surface area contributed by atoms with Crippen LogP contribution in [0.3, 0.4) is 0 Å². The van der Waals surface area contributed by atoms with Gasteiger partial charge in [-0.15, -0.1) is 11.8 Å². The van der Waals surface area contributed by atoms with Gasteiger partial charge in [-0.25, -0.2) is 0 Å². The molecule has 2 saturated heterocycles. The molecule has 3 aromatic rings. The summed E-state index contributed by atoms with van der Waals surface area (Å²) < 4.78 is 2.33. The zero-order valence-corrected chi connectivity index (χ0v) is 17.7. The standard InChI is InChI=1S/C23H25N3O2S/c1-3-25-19-7-5-4-6-17(19)18-14-16(8-9-20(18)25)15-24(2)22(28)23-11-10-21(27)26(23)12-13-29-23/h4-9,14H,3,10-13,15H2,1-2H3. The van der Waals surface area contributed by atoms with Gasteiger partial charge in [-0.1, -0.05) is 24.3 Å². The van der Waals surface area contributed by atoms with E-state index in [-0.39, 0.29) is 11.8 Å². The topological polar surface area (TPSA) is 45.6 Å². The summed E-state index contributed by atoms with van der Waals surface area (Å²) in [6, 6.07) is 15.0. The molecule has 2 aliphatic heterocycles. The van der Waals surface area contributed by atoms with Gasteiger partial charge in [-0.2, -0.15) is 0 Å². The Labute approximate surface area is 174 Å². The van der Waals surface area contributed by atoms with E-state index >= 15 is 0 Å². The highest BCUT2D eigenvalue weighted by Gasteiger charge is 2.55. The predicted octanol–water partition coefficient (Wildman–Crippen LogP) is 3.84. The normalized spacial score (nSPS) is 21.3. The third kappa shape index (κ3) is 2.69. The molecule has 2 aliphatic rings. The number of amides is 2. The first-order chi connectivity index (χ1) is 14.0. The molecule has 29 heavy (non-hydrogen) atoms. The summed E-state index contributed by atoms with van der Waals surface area (Å²) in [5.74, 6) is 1.01. The SMILES string of the molecule is CCn1c2ccccc2c2cc(CN(C)C(=O)C34CCC(=O)N3CCS4)ccc21. The lowest BCUT2D eigenvalue weighted by Crippen LogP contribution is -2.51. The number of rotatable bonds is 4. The molecule has 0 spiro atoms. The minimum Gasteiger partial charge on any atom is -0.341 e. The maximum absolute atomic E-state index is 13.3. The van der Waals surface area contributed by atoms with Crippen molar-refractivity contribution in [3.05, 3.63) is 48.0 Å². The smallest absolute Gasteiger partial charge is 0.259 e. The maximum Gasteiger partial charge on any atom is 0.259 e. The lowest BCUT2D eigenvalue weighted by Gasteiger charge is -2.33. The van der Waals surface area contributed by atoms with Crippen molar-refractivity contribution in [2.45, 2.75) is 37.7 Å². The molecule has 6 heteroatoms. The van der Waals surface area contributed by atoms with Crippen LogP contribution in [0.25, 0.3) is 21.8 Å². The van der Waals surface area contributed by atoms with Crippen LogP contribution in [0.4, 0.5) is 0 Å². The fourth-order valence-electron chi connectivity index (χ4n) is 4.98. The van der Waals surface area contributed by atoms with Gasteiger partial charge in [0.05, 0.1) is 0 Å². The molecule has 1 aromatic heterocycles. The molecule has 3 heterocycles. The number of carbonyl (C=O) groups excluding carboxylic acids is 2. The van der Waals surface area contributed by atoms with Crippen molar-refractivity contribution >= 4 is 45.4 Å². The number of thioether (sulfide) groups is 1. The molecule has 2 fully saturated rings. The van der Waals surface area contributed by atoms with Crippen molar-refractivity contribution in [2.24, 2.45) is 0 Å². The Morgan fingerprint density at radius 3 is 2.79 bits per heavy atom. The van der Waals surface area contributed by atoms with Crippen LogP contribution in [0.1, 0.15) is 25.3 Å². The zero-order valence-electron chi connectivity index (χ0n) is 16.9. The number of aromatic nitrogens is 1. The minimum absolute atomic E-state index is 0.0573. The number of aryl methyl sites for hydroxylation is 1. The highest BCUT2D eigenvalue weighted by Crippen LogP contribution is 2.46. The van der Waals surface area contributed by atoms with E-state index in [2.05, 4.69) is 54.0 Å². The number of likely N-dealkylation sites (N-methyl/N-ethyl adjacent to an activating group) is 1. The van der Waals surface area contributed by atoms with Crippen LogP contribution < -0.4 is 0 Å². The van der Waals surface area contributed by atoms with Crippen LogP contribution in [-0.2, 0) is 22.7 Å². The molecule has 1 atom stereocenters. The molecule has 5 rings (SSSR count). The fraction of sp³-hybridized carbons (Fsp3) is 0.391. The highest BCUT2D eigenvalue weighted by atomic mass is 32.2. The Morgan fingerprint density at radius 1 is 1.17 bits per heavy atom. The van der Waals surface area contributed by atoms with Gasteiger partial charge < -0.3 is 14.4 Å². The van der Waals surface area contributed by atoms with Crippen molar-refractivity contribution < 1.29 is 9.59 Å². The van der Waals surface area contributed by atoms with Gasteiger partial charge in [-0.05, 0) is 37.1 Å². The first-order valence-electron chi connectivity index (χ1n) is 10.2. The number of benzene rings is 2. The molecular formula is C23H25N3O2S. The summed E-state index contributed by atoms with van der Waals surface area (Å²) in [5, 5.41) is 2.48. The molecule has 2 aromatic carbocycles. The molecule has 2 amide bonds. The Morgan fingerprint density at radius 2 is 1.97 bits per heavy atom. The largest absolute Gasteiger partial charge is 0.341 e. The Kier molecular flexibility index (Phi) is 4.35. The van der Waals surface area contributed by atoms with Gasteiger partial charge in [-0.3, -0.25) is 9.59 Å². The second-order valence-electron chi connectivity index (χ2n) is 7.95. The molecule has 0 saturated carbocycles. The number of carbonyl (C=O) groups is 2. The number of para-hydroxylation sites is 1. The first-order valence-corrected chi connectivity index (χ1v) is 11.2. The second kappa shape index (κ2) is 6.80. The van der Waals surface area contributed by atoms with Crippen molar-refractivity contribution in [1.29, 1.82) is 0 Å². The Balaban J connectivity index is 1.47. The summed E-state index contributed by atoms with van der Waals surface area (Å²) in [6.07, 6.45) is 1.11. The second-order valence-corrected chi connectivity index (χ2v) is 9.32. The first kappa shape index (κ1) is 18.6. The van der Waals surface area contributed by atoms with Crippen LogP contribution in [0.5, 0.6) is 0 Å². The number of hydrogen-bond acceptors (Lipinski definition) is 3. The number of fused-ring (bicyclic) bond motifs is 4. The van der Waals surface area contributed by atoms with Crippen molar-refractivity contribution in [2.75, 3.05) is 19.3 Å². The fourth-order valence-corrected chi connectivity index (χ4v) is 6.46. The van der Waals surface area contributed by atoms with E-state index in [1.54, 1.807) is 21.6 Å². The van der Waals surface area contributed by atoms with Crippen LogP contribution in [0.15, 0.2) is 42.5 Å². The molecule has 0 bridgehead atoms. The van der Waals surface area contributed by atoms with Crippen LogP contribution in [-0.4, -0.2) is 50.4 Å². The Hall–Kier alpha value is -2.47. The van der Waals surface area contributed by atoms with Crippen LogP contribution >= 0.6 is 11.8 Å². The summed E-state index contributed by atoms with van der Waals surface area (Å²) in [6.45, 7) is 4.32. The van der Waals surface area contributed by atoms with E-state index in [1.807, 2.05) is 7.05 Å². The molecule has 0 aliphatic carbocycles. The van der Waals surface area contributed by atoms with Gasteiger partial charge in [0.15, 0.2) is 4.87 Å². The van der Waals surface area contributed by atoms with E-state index in [0.29, 0.717) is 25.9 Å². The van der Waals surface area contributed by atoms with E-state index < -0.39 is 4.87 Å². The molecule has 150 valence electrons. The quantitative estimate of drug-likeness (QED) is 0.660. The van der Waals surface area contributed by atoms with Crippen LogP contribution in [0, 0.1) is 0 Å². The maximum atomic E-state index is 13.3. The molecular weight excluding hydrogens is 382 g/mol. The average Bonchev–Trinajstić information content (AvgIpc) is 3.39. The predicted molar refractivity (Wildman–Crippen MR) is 118 cm³/mol. The molecule has 0 N–H and O–H groups in total. The summed E-state index contributed by atoms with van der Waals surface area (Å²) in [7, 11) is 1.86. The lowest BCUT2D eigenvalue weighted by atomic mass is 10.1. The Bertz CT molecular complexity index is 1140. The van der Waals surface area contributed by atoms with E-state index in [9.17, 15) is 9.59 Å². The molecule has 1 unspecified atom stereocenters. The zero-order chi connectivity index (χ0) is 20.2. The summed E-state index contributed by atoms with van der Waals surface area (Å²) in [4.78, 5) is 28.4. The average molecular weight is 408 g/mol.